The van der Waals surface area contributed by atoms with Crippen LogP contribution in [0.4, 0.5) is 0 Å². The topological polar surface area (TPSA) is 54.4 Å². The van der Waals surface area contributed by atoms with Gasteiger partial charge in [-0.3, -0.25) is 9.59 Å². The SMILES string of the molecule is CCC(=O)C(O)C(=O)CC.[U]. The number of aliphatic hydroxyl groups excluding tert-OH is 1. The molecule has 0 aliphatic heterocycles. The molecule has 0 unspecified atom stereocenters. The maximum atomic E-state index is 10.6. The zero-order valence-electron chi connectivity index (χ0n) is 6.76. The molecule has 0 aliphatic rings. The Bertz CT molecular complexity index is 129. The molecule has 0 fully saturated rings. The summed E-state index contributed by atoms with van der Waals surface area (Å²) in [6.07, 6.45) is -0.949. The predicted molar refractivity (Wildman–Crippen MR) is 36.6 cm³/mol. The molecule has 0 bridgehead atoms. The molecule has 0 saturated heterocycles. The average Bonchev–Trinajstić information content (AvgIpc) is 2.00. The predicted octanol–water partition coefficient (Wildman–Crippen LogP) is 0.305. The maximum absolute atomic E-state index is 10.6. The molecule has 3 nitrogen and oxygen atoms in total. The molecule has 0 heterocycles. The standard InChI is InChI=1S/C7H12O3.U/c1-3-5(8)7(10)6(9)4-2;/h7,10H,3-4H2,1-2H3;. The third-order valence-electron chi connectivity index (χ3n) is 1.31. The minimum atomic E-state index is -1.38. The van der Waals surface area contributed by atoms with Gasteiger partial charge in [0.1, 0.15) is 0 Å². The number of carbonyl (C=O) groups excluding carboxylic acids is 2. The summed E-state index contributed by atoms with van der Waals surface area (Å²) in [6, 6.07) is 0. The van der Waals surface area contributed by atoms with Crippen LogP contribution in [0.15, 0.2) is 0 Å². The largest absolute Gasteiger partial charge is 0.378 e. The van der Waals surface area contributed by atoms with Crippen molar-refractivity contribution in [2.45, 2.75) is 32.8 Å². The third-order valence-corrected chi connectivity index (χ3v) is 1.31. The van der Waals surface area contributed by atoms with Gasteiger partial charge in [0, 0.05) is 44.0 Å². The van der Waals surface area contributed by atoms with E-state index in [0.29, 0.717) is 0 Å². The summed E-state index contributed by atoms with van der Waals surface area (Å²) >= 11 is 0. The van der Waals surface area contributed by atoms with E-state index in [2.05, 4.69) is 0 Å². The second-order valence-electron chi connectivity index (χ2n) is 2.04. The van der Waals surface area contributed by atoms with Gasteiger partial charge < -0.3 is 5.11 Å². The van der Waals surface area contributed by atoms with E-state index in [-0.39, 0.29) is 44.0 Å². The molecule has 0 atom stereocenters. The van der Waals surface area contributed by atoms with Crippen LogP contribution >= 0.6 is 0 Å². The molecule has 62 valence electrons. The fourth-order valence-corrected chi connectivity index (χ4v) is 0.566. The first-order valence-electron chi connectivity index (χ1n) is 3.37. The summed E-state index contributed by atoms with van der Waals surface area (Å²) in [7, 11) is 0. The molecular formula is C7H12O3U. The summed E-state index contributed by atoms with van der Waals surface area (Å²) in [6.45, 7) is 3.24. The van der Waals surface area contributed by atoms with Crippen molar-refractivity contribution < 1.29 is 45.8 Å². The van der Waals surface area contributed by atoms with Crippen molar-refractivity contribution >= 4 is 11.6 Å². The Morgan fingerprint density at radius 2 is 1.45 bits per heavy atom. The number of aliphatic hydroxyl groups is 1. The first kappa shape index (κ1) is 13.9. The molecule has 0 rings (SSSR count). The Morgan fingerprint density at radius 3 is 1.64 bits per heavy atom. The van der Waals surface area contributed by atoms with Gasteiger partial charge in [0.05, 0.1) is 0 Å². The summed E-state index contributed by atoms with van der Waals surface area (Å²) in [4.78, 5) is 21.3. The minimum absolute atomic E-state index is 0. The van der Waals surface area contributed by atoms with Crippen LogP contribution in [0, 0.1) is 31.1 Å². The van der Waals surface area contributed by atoms with Crippen molar-refractivity contribution in [2.75, 3.05) is 0 Å². The zero-order valence-corrected chi connectivity index (χ0v) is 10.9. The Kier molecular flexibility index (Phi) is 8.88. The van der Waals surface area contributed by atoms with Crippen LogP contribution in [-0.4, -0.2) is 22.8 Å². The zero-order chi connectivity index (χ0) is 8.15. The van der Waals surface area contributed by atoms with Crippen molar-refractivity contribution in [3.63, 3.8) is 0 Å². The molecule has 0 saturated carbocycles. The summed E-state index contributed by atoms with van der Waals surface area (Å²) in [5.74, 6) is -0.793. The van der Waals surface area contributed by atoms with Gasteiger partial charge in [-0.15, -0.1) is 0 Å². The number of hydrogen-bond donors (Lipinski definition) is 1. The van der Waals surface area contributed by atoms with Gasteiger partial charge in [-0.2, -0.15) is 0 Å². The van der Waals surface area contributed by atoms with Gasteiger partial charge in [0.15, 0.2) is 17.7 Å². The van der Waals surface area contributed by atoms with E-state index in [4.69, 9.17) is 5.11 Å². The molecule has 4 heteroatoms. The number of hydrogen-bond acceptors (Lipinski definition) is 3. The minimum Gasteiger partial charge on any atom is -0.378 e. The van der Waals surface area contributed by atoms with E-state index >= 15 is 0 Å². The Balaban J connectivity index is 0. The first-order chi connectivity index (χ1) is 4.63. The van der Waals surface area contributed by atoms with Crippen molar-refractivity contribution in [3.8, 4) is 0 Å². The van der Waals surface area contributed by atoms with E-state index in [1.165, 1.54) is 0 Å². The summed E-state index contributed by atoms with van der Waals surface area (Å²) in [5.41, 5.74) is 0. The normalized spacial score (nSPS) is 9.09. The number of rotatable bonds is 4. The van der Waals surface area contributed by atoms with Crippen LogP contribution in [0.2, 0.25) is 0 Å². The van der Waals surface area contributed by atoms with E-state index < -0.39 is 17.7 Å². The second kappa shape index (κ2) is 7.03. The molecule has 1 N–H and O–H groups in total. The van der Waals surface area contributed by atoms with E-state index in [1.807, 2.05) is 0 Å². The van der Waals surface area contributed by atoms with Crippen molar-refractivity contribution in [2.24, 2.45) is 0 Å². The van der Waals surface area contributed by atoms with Crippen LogP contribution in [0.1, 0.15) is 26.7 Å². The average molecular weight is 382 g/mol. The van der Waals surface area contributed by atoms with Gasteiger partial charge >= 0.3 is 0 Å². The van der Waals surface area contributed by atoms with Crippen molar-refractivity contribution in [1.29, 1.82) is 0 Å². The Labute approximate surface area is 89.9 Å². The first-order valence-corrected chi connectivity index (χ1v) is 3.37. The Hall–Kier alpha value is 0.352. The number of carbonyl (C=O) groups is 2. The number of ketones is 2. The summed E-state index contributed by atoms with van der Waals surface area (Å²) < 4.78 is 0. The van der Waals surface area contributed by atoms with E-state index in [9.17, 15) is 9.59 Å². The molecule has 0 aromatic heterocycles. The van der Waals surface area contributed by atoms with Gasteiger partial charge in [-0.25, -0.2) is 0 Å². The van der Waals surface area contributed by atoms with Crippen LogP contribution in [0.5, 0.6) is 0 Å². The molecule has 0 radical (unpaired) electrons. The van der Waals surface area contributed by atoms with Gasteiger partial charge in [-0.05, 0) is 0 Å². The monoisotopic (exact) mass is 382 g/mol. The molecule has 11 heavy (non-hydrogen) atoms. The van der Waals surface area contributed by atoms with E-state index in [1.54, 1.807) is 13.8 Å². The molecule has 0 aromatic rings. The fourth-order valence-electron chi connectivity index (χ4n) is 0.566. The molecule has 0 spiro atoms. The van der Waals surface area contributed by atoms with Crippen LogP contribution in [0.3, 0.4) is 0 Å². The molecular weight excluding hydrogens is 370 g/mol. The molecule has 0 aromatic carbocycles. The van der Waals surface area contributed by atoms with Gasteiger partial charge in [0.25, 0.3) is 0 Å². The smallest absolute Gasteiger partial charge is 0.170 e. The van der Waals surface area contributed by atoms with Crippen molar-refractivity contribution in [3.05, 3.63) is 0 Å². The molecule has 0 aliphatic carbocycles. The van der Waals surface area contributed by atoms with Crippen LogP contribution < -0.4 is 0 Å². The number of Topliss-reactive ketones (excluding diaryl/α,β-unsaturated/α-hetero) is 2. The van der Waals surface area contributed by atoms with Crippen LogP contribution in [-0.2, 0) is 9.59 Å². The third kappa shape index (κ3) is 4.73. The quantitative estimate of drug-likeness (QED) is 0.713. The van der Waals surface area contributed by atoms with E-state index in [0.717, 1.165) is 0 Å². The van der Waals surface area contributed by atoms with Gasteiger partial charge in [0.2, 0.25) is 0 Å². The van der Waals surface area contributed by atoms with Crippen molar-refractivity contribution in [1.82, 2.24) is 0 Å². The fraction of sp³-hybridized carbons (Fsp3) is 0.714. The second-order valence-corrected chi connectivity index (χ2v) is 2.04. The Morgan fingerprint density at radius 1 is 1.18 bits per heavy atom. The maximum Gasteiger partial charge on any atom is 0.170 e. The van der Waals surface area contributed by atoms with Crippen LogP contribution in [0.25, 0.3) is 0 Å². The van der Waals surface area contributed by atoms with Gasteiger partial charge in [-0.1, -0.05) is 13.8 Å². The molecule has 0 amide bonds. The summed E-state index contributed by atoms with van der Waals surface area (Å²) in [5, 5.41) is 8.89.